The first-order chi connectivity index (χ1) is 20.5. The second-order valence-electron chi connectivity index (χ2n) is 11.9. The van der Waals surface area contributed by atoms with E-state index in [1.165, 1.54) is 0 Å². The van der Waals surface area contributed by atoms with Gasteiger partial charge in [-0.1, -0.05) is 12.1 Å². The van der Waals surface area contributed by atoms with Crippen LogP contribution in [0.1, 0.15) is 53.6 Å². The molecule has 242 valence electrons. The van der Waals surface area contributed by atoms with Gasteiger partial charge < -0.3 is 24.5 Å². The number of rotatable bonds is 7. The standard InChI is InChI=1S/C31H37F6N3O4/c1-20-17-24(7-8-26(20)27(41)38(2)3)39-13-9-21(10-14-39)18-22-11-15-40(16-12-22)28(42)29(43,30(32,33)34)23-5-4-6-25(19-23)44-31(35,36)37/h4-8,17,19,21-22,43H,9-16,18H2,1-3H3/t29-/m1/s1. The predicted molar refractivity (Wildman–Crippen MR) is 151 cm³/mol. The monoisotopic (exact) mass is 629 g/mol. The number of hydrogen-bond acceptors (Lipinski definition) is 5. The molecule has 0 aromatic heterocycles. The Kier molecular flexibility index (Phi) is 9.77. The van der Waals surface area contributed by atoms with Gasteiger partial charge in [-0.05, 0) is 86.8 Å². The molecule has 1 N–H and O–H groups in total. The average molecular weight is 630 g/mol. The van der Waals surface area contributed by atoms with Gasteiger partial charge in [0.1, 0.15) is 5.75 Å². The molecule has 2 aliphatic rings. The van der Waals surface area contributed by atoms with Crippen molar-refractivity contribution in [3.8, 4) is 5.75 Å². The summed E-state index contributed by atoms with van der Waals surface area (Å²) in [5.74, 6) is -2.03. The van der Waals surface area contributed by atoms with Gasteiger partial charge in [0.15, 0.2) is 0 Å². The Balaban J connectivity index is 1.33. The number of carbonyl (C=O) groups is 2. The number of ether oxygens (including phenoxy) is 1. The fourth-order valence-corrected chi connectivity index (χ4v) is 6.15. The topological polar surface area (TPSA) is 73.3 Å². The van der Waals surface area contributed by atoms with Crippen LogP contribution in [0.5, 0.6) is 5.75 Å². The summed E-state index contributed by atoms with van der Waals surface area (Å²) in [6.07, 6.45) is -7.00. The van der Waals surface area contributed by atoms with Crippen molar-refractivity contribution in [3.05, 3.63) is 59.2 Å². The first-order valence-corrected chi connectivity index (χ1v) is 14.5. The van der Waals surface area contributed by atoms with Crippen LogP contribution < -0.4 is 9.64 Å². The van der Waals surface area contributed by atoms with Crippen LogP contribution in [0, 0.1) is 18.8 Å². The lowest BCUT2D eigenvalue weighted by atomic mass is 9.82. The van der Waals surface area contributed by atoms with Crippen molar-refractivity contribution >= 4 is 17.5 Å². The number of benzene rings is 2. The van der Waals surface area contributed by atoms with E-state index in [0.717, 1.165) is 66.7 Å². The predicted octanol–water partition coefficient (Wildman–Crippen LogP) is 5.89. The van der Waals surface area contributed by atoms with E-state index >= 15 is 0 Å². The van der Waals surface area contributed by atoms with Crippen LogP contribution in [0.4, 0.5) is 32.0 Å². The molecule has 2 fully saturated rings. The van der Waals surface area contributed by atoms with Crippen LogP contribution in [0.25, 0.3) is 0 Å². The van der Waals surface area contributed by atoms with E-state index in [0.29, 0.717) is 30.4 Å². The van der Waals surface area contributed by atoms with E-state index < -0.39 is 35.4 Å². The van der Waals surface area contributed by atoms with Crippen molar-refractivity contribution in [2.45, 2.75) is 57.2 Å². The van der Waals surface area contributed by atoms with Crippen LogP contribution >= 0.6 is 0 Å². The van der Waals surface area contributed by atoms with Crippen LogP contribution in [0.15, 0.2) is 42.5 Å². The van der Waals surface area contributed by atoms with Crippen LogP contribution in [-0.2, 0) is 10.4 Å². The Hall–Kier alpha value is -3.48. The second-order valence-corrected chi connectivity index (χ2v) is 11.9. The van der Waals surface area contributed by atoms with Crippen molar-refractivity contribution < 1.29 is 45.8 Å². The fraction of sp³-hybridized carbons (Fsp3) is 0.548. The Morgan fingerprint density at radius 1 is 0.909 bits per heavy atom. The molecule has 0 radical (unpaired) electrons. The molecule has 2 aromatic rings. The Morgan fingerprint density at radius 2 is 1.50 bits per heavy atom. The van der Waals surface area contributed by atoms with Crippen molar-refractivity contribution in [1.82, 2.24) is 9.80 Å². The van der Waals surface area contributed by atoms with Crippen molar-refractivity contribution in [2.24, 2.45) is 11.8 Å². The molecule has 0 unspecified atom stereocenters. The summed E-state index contributed by atoms with van der Waals surface area (Å²) in [7, 11) is 3.43. The van der Waals surface area contributed by atoms with Gasteiger partial charge in [-0.15, -0.1) is 13.2 Å². The normalized spacial score (nSPS) is 18.6. The zero-order valence-corrected chi connectivity index (χ0v) is 24.8. The van der Waals surface area contributed by atoms with Crippen molar-refractivity contribution in [1.29, 1.82) is 0 Å². The smallest absolute Gasteiger partial charge is 0.406 e. The lowest BCUT2D eigenvalue weighted by molar-refractivity contribution is -0.274. The number of alkyl halides is 6. The number of aryl methyl sites for hydroxylation is 1. The summed E-state index contributed by atoms with van der Waals surface area (Å²) in [4.78, 5) is 30.2. The number of aliphatic hydroxyl groups is 1. The molecule has 2 saturated heterocycles. The third-order valence-electron chi connectivity index (χ3n) is 8.60. The highest BCUT2D eigenvalue weighted by Gasteiger charge is 2.62. The van der Waals surface area contributed by atoms with Crippen molar-refractivity contribution in [3.63, 3.8) is 0 Å². The van der Waals surface area contributed by atoms with Crippen LogP contribution in [0.3, 0.4) is 0 Å². The molecule has 1 atom stereocenters. The number of hydrogen-bond donors (Lipinski definition) is 1. The lowest BCUT2D eigenvalue weighted by Gasteiger charge is -2.40. The van der Waals surface area contributed by atoms with Crippen LogP contribution in [-0.4, -0.2) is 79.5 Å². The van der Waals surface area contributed by atoms with E-state index in [4.69, 9.17) is 0 Å². The van der Waals surface area contributed by atoms with Gasteiger partial charge in [0.05, 0.1) is 0 Å². The van der Waals surface area contributed by atoms with E-state index in [9.17, 15) is 41.0 Å². The second kappa shape index (κ2) is 12.9. The van der Waals surface area contributed by atoms with E-state index in [1.54, 1.807) is 19.0 Å². The van der Waals surface area contributed by atoms with E-state index in [2.05, 4.69) is 9.64 Å². The van der Waals surface area contributed by atoms with E-state index in [1.807, 2.05) is 25.1 Å². The third kappa shape index (κ3) is 7.41. The SMILES string of the molecule is Cc1cc(N2CCC(CC3CCN(C(=O)[C@](O)(c4cccc(OC(F)(F)F)c4)C(F)(F)F)CC3)CC2)ccc1C(=O)N(C)C. The number of carbonyl (C=O) groups excluding carboxylic acids is 2. The van der Waals surface area contributed by atoms with Crippen LogP contribution in [0.2, 0.25) is 0 Å². The summed E-state index contributed by atoms with van der Waals surface area (Å²) >= 11 is 0. The maximum Gasteiger partial charge on any atom is 0.573 e. The Morgan fingerprint density at radius 3 is 2.02 bits per heavy atom. The molecule has 0 saturated carbocycles. The minimum Gasteiger partial charge on any atom is -0.406 e. The number of amides is 2. The largest absolute Gasteiger partial charge is 0.573 e. The quantitative estimate of drug-likeness (QED) is 0.387. The first-order valence-electron chi connectivity index (χ1n) is 14.5. The summed E-state index contributed by atoms with van der Waals surface area (Å²) in [5.41, 5.74) is -2.44. The van der Waals surface area contributed by atoms with Gasteiger partial charge in [-0.2, -0.15) is 13.2 Å². The molecule has 2 heterocycles. The molecular weight excluding hydrogens is 592 g/mol. The minimum absolute atomic E-state index is 0.00320. The molecule has 2 aromatic carbocycles. The number of piperidine rings is 2. The first kappa shape index (κ1) is 33.4. The summed E-state index contributed by atoms with van der Waals surface area (Å²) in [6, 6.07) is 8.62. The molecule has 2 amide bonds. The number of likely N-dealkylation sites (tertiary alicyclic amines) is 1. The zero-order valence-electron chi connectivity index (χ0n) is 24.8. The fourth-order valence-electron chi connectivity index (χ4n) is 6.15. The molecule has 2 aliphatic heterocycles. The van der Waals surface area contributed by atoms with Gasteiger partial charge in [0.25, 0.3) is 17.4 Å². The highest BCUT2D eigenvalue weighted by molar-refractivity contribution is 5.95. The molecule has 13 heteroatoms. The summed E-state index contributed by atoms with van der Waals surface area (Å²) in [5, 5.41) is 10.7. The average Bonchev–Trinajstić information content (AvgIpc) is 2.95. The minimum atomic E-state index is -5.48. The number of halogens is 6. The van der Waals surface area contributed by atoms with Gasteiger partial charge >= 0.3 is 12.5 Å². The highest BCUT2D eigenvalue weighted by atomic mass is 19.4. The molecule has 0 aliphatic carbocycles. The van der Waals surface area contributed by atoms with Gasteiger partial charge in [-0.25, -0.2) is 0 Å². The molecule has 0 bridgehead atoms. The maximum absolute atomic E-state index is 14.1. The molecule has 7 nitrogen and oxygen atoms in total. The number of anilines is 1. The molecule has 44 heavy (non-hydrogen) atoms. The molecule has 4 rings (SSSR count). The van der Waals surface area contributed by atoms with Gasteiger partial charge in [-0.3, -0.25) is 9.59 Å². The molecule has 0 spiro atoms. The van der Waals surface area contributed by atoms with E-state index in [-0.39, 0.29) is 24.9 Å². The van der Waals surface area contributed by atoms with Crippen molar-refractivity contribution in [2.75, 3.05) is 45.2 Å². The maximum atomic E-state index is 14.1. The zero-order chi connectivity index (χ0) is 32.4. The highest BCUT2D eigenvalue weighted by Crippen LogP contribution is 2.43. The third-order valence-corrected chi connectivity index (χ3v) is 8.60. The Bertz CT molecular complexity index is 1330. The number of nitrogens with zero attached hydrogens (tertiary/aromatic N) is 3. The molecular formula is C31H37F6N3O4. The Labute approximate surface area is 252 Å². The van der Waals surface area contributed by atoms with Gasteiger partial charge in [0.2, 0.25) is 0 Å². The lowest BCUT2D eigenvalue weighted by Crippen LogP contribution is -2.57. The van der Waals surface area contributed by atoms with Gasteiger partial charge in [0, 0.05) is 57.1 Å². The summed E-state index contributed by atoms with van der Waals surface area (Å²) in [6.45, 7) is 3.57. The summed E-state index contributed by atoms with van der Waals surface area (Å²) < 4.78 is 84.0.